The molecule has 2 N–H and O–H groups in total. The Kier molecular flexibility index (Phi) is 10.6. The van der Waals surface area contributed by atoms with Gasteiger partial charge < -0.3 is 24.5 Å². The highest BCUT2D eigenvalue weighted by Crippen LogP contribution is 2.36. The van der Waals surface area contributed by atoms with Gasteiger partial charge in [-0.15, -0.1) is 0 Å². The maximum absolute atomic E-state index is 13.9. The molecule has 1 saturated heterocycles. The Balaban J connectivity index is 1.84. The van der Waals surface area contributed by atoms with E-state index in [0.717, 1.165) is 5.56 Å². The first kappa shape index (κ1) is 34.1. The number of nitrogens with zero attached hydrogens (tertiary/aromatic N) is 1. The molecule has 0 aliphatic carbocycles. The zero-order chi connectivity index (χ0) is 31.5. The molecule has 0 spiro atoms. The molecule has 0 aromatic heterocycles. The molecule has 3 rings (SSSR count). The van der Waals surface area contributed by atoms with Crippen LogP contribution in [0, 0.1) is 5.92 Å². The molecule has 9 nitrogen and oxygen atoms in total. The van der Waals surface area contributed by atoms with E-state index in [1.54, 1.807) is 32.9 Å². The highest BCUT2D eigenvalue weighted by molar-refractivity contribution is 7.89. The molecule has 2 aromatic carbocycles. The molecular weight excluding hydrogens is 555 g/mol. The molecule has 1 amide bonds. The van der Waals surface area contributed by atoms with Crippen molar-refractivity contribution in [2.45, 2.75) is 103 Å². The second-order valence-electron chi connectivity index (χ2n) is 13.4. The second-order valence-corrected chi connectivity index (χ2v) is 15.3. The molecule has 232 valence electrons. The first-order chi connectivity index (χ1) is 19.3. The van der Waals surface area contributed by atoms with E-state index < -0.39 is 52.2 Å². The van der Waals surface area contributed by atoms with Crippen LogP contribution >= 0.6 is 0 Å². The van der Waals surface area contributed by atoms with Crippen LogP contribution in [0.25, 0.3) is 0 Å². The lowest BCUT2D eigenvalue weighted by Crippen LogP contribution is -2.52. The van der Waals surface area contributed by atoms with Crippen molar-refractivity contribution in [2.75, 3.05) is 13.1 Å². The fraction of sp³-hybridized carbons (Fsp3) is 0.581. The number of aliphatic hydroxyl groups is 1. The number of aliphatic hydroxyl groups excluding tert-OH is 1. The summed E-state index contributed by atoms with van der Waals surface area (Å²) in [6.45, 7) is 16.9. The van der Waals surface area contributed by atoms with Crippen LogP contribution in [0.4, 0.5) is 4.79 Å². The SMILES string of the molecule is CC(C)CN(CC(O)C(Cc1ccccc1)NC(=O)OC(C)(C)C)S(=O)(=O)c1ccc(B2OC(C)(C)C(C)(C)O2)cc1. The van der Waals surface area contributed by atoms with Gasteiger partial charge in [0.1, 0.15) is 5.60 Å². The predicted molar refractivity (Wildman–Crippen MR) is 165 cm³/mol. The molecule has 2 atom stereocenters. The number of nitrogens with one attached hydrogen (secondary N) is 1. The number of carbonyl (C=O) groups excluding carboxylic acids is 1. The van der Waals surface area contributed by atoms with Crippen LogP contribution in [0.3, 0.4) is 0 Å². The number of carbonyl (C=O) groups is 1. The first-order valence-electron chi connectivity index (χ1n) is 14.5. The Morgan fingerprint density at radius 3 is 2.02 bits per heavy atom. The fourth-order valence-corrected chi connectivity index (χ4v) is 6.17. The lowest BCUT2D eigenvalue weighted by atomic mass is 9.79. The highest BCUT2D eigenvalue weighted by atomic mass is 32.2. The third kappa shape index (κ3) is 8.80. The quantitative estimate of drug-likeness (QED) is 0.372. The third-order valence-electron chi connectivity index (χ3n) is 7.47. The van der Waals surface area contributed by atoms with Gasteiger partial charge in [-0.2, -0.15) is 4.31 Å². The van der Waals surface area contributed by atoms with E-state index in [1.807, 2.05) is 71.9 Å². The van der Waals surface area contributed by atoms with Gasteiger partial charge in [-0.05, 0) is 84.0 Å². The summed E-state index contributed by atoms with van der Waals surface area (Å²) in [7, 11) is -4.61. The Morgan fingerprint density at radius 2 is 1.52 bits per heavy atom. The van der Waals surface area contributed by atoms with Crippen molar-refractivity contribution in [2.24, 2.45) is 5.92 Å². The molecule has 0 bridgehead atoms. The normalized spacial score (nSPS) is 18.2. The van der Waals surface area contributed by atoms with Gasteiger partial charge in [0.15, 0.2) is 0 Å². The van der Waals surface area contributed by atoms with Gasteiger partial charge in [0.05, 0.1) is 28.2 Å². The van der Waals surface area contributed by atoms with Crippen molar-refractivity contribution in [3.05, 3.63) is 60.2 Å². The van der Waals surface area contributed by atoms with Crippen molar-refractivity contribution in [3.8, 4) is 0 Å². The van der Waals surface area contributed by atoms with Crippen molar-refractivity contribution < 1.29 is 32.4 Å². The molecule has 0 radical (unpaired) electrons. The Labute approximate surface area is 252 Å². The van der Waals surface area contributed by atoms with Gasteiger partial charge >= 0.3 is 13.2 Å². The van der Waals surface area contributed by atoms with Crippen molar-refractivity contribution in [1.29, 1.82) is 0 Å². The van der Waals surface area contributed by atoms with Crippen LogP contribution in [-0.4, -0.2) is 73.1 Å². The van der Waals surface area contributed by atoms with Crippen molar-refractivity contribution in [1.82, 2.24) is 9.62 Å². The summed E-state index contributed by atoms with van der Waals surface area (Å²) in [5.41, 5.74) is -0.167. The Morgan fingerprint density at radius 1 is 0.976 bits per heavy atom. The summed E-state index contributed by atoms with van der Waals surface area (Å²) in [6, 6.07) is 15.1. The smallest absolute Gasteiger partial charge is 0.444 e. The molecule has 2 unspecified atom stereocenters. The number of rotatable bonds is 11. The van der Waals surface area contributed by atoms with E-state index >= 15 is 0 Å². The molecule has 1 aliphatic rings. The largest absolute Gasteiger partial charge is 0.494 e. The summed E-state index contributed by atoms with van der Waals surface area (Å²) in [6.07, 6.45) is -1.60. The van der Waals surface area contributed by atoms with Gasteiger partial charge in [0, 0.05) is 13.1 Å². The van der Waals surface area contributed by atoms with E-state index in [1.165, 1.54) is 16.4 Å². The minimum absolute atomic E-state index is 0.0117. The Hall–Kier alpha value is -2.44. The summed E-state index contributed by atoms with van der Waals surface area (Å²) in [4.78, 5) is 12.8. The van der Waals surface area contributed by atoms with E-state index in [-0.39, 0.29) is 23.9 Å². The van der Waals surface area contributed by atoms with E-state index in [0.29, 0.717) is 11.9 Å². The van der Waals surface area contributed by atoms with Crippen LogP contribution in [0.15, 0.2) is 59.5 Å². The van der Waals surface area contributed by atoms with Crippen LogP contribution in [0.1, 0.15) is 67.9 Å². The maximum Gasteiger partial charge on any atom is 0.494 e. The summed E-state index contributed by atoms with van der Waals surface area (Å²) in [5.74, 6) is -0.0117. The highest BCUT2D eigenvalue weighted by Gasteiger charge is 2.51. The minimum atomic E-state index is -3.99. The molecule has 1 heterocycles. The van der Waals surface area contributed by atoms with Crippen LogP contribution in [0.2, 0.25) is 0 Å². The number of benzene rings is 2. The van der Waals surface area contributed by atoms with Gasteiger partial charge in [0.25, 0.3) is 0 Å². The van der Waals surface area contributed by atoms with E-state index in [9.17, 15) is 18.3 Å². The van der Waals surface area contributed by atoms with E-state index in [4.69, 9.17) is 14.0 Å². The standard InChI is InChI=1S/C31H47BN2O7S/c1-22(2)20-34(21-27(35)26(19-23-13-11-10-12-14-23)33-28(36)39-29(3,4)5)42(37,38)25-17-15-24(16-18-25)32-40-30(6,7)31(8,9)41-32/h10-18,22,26-27,35H,19-21H2,1-9H3,(H,33,36). The number of amides is 1. The second kappa shape index (κ2) is 13.1. The monoisotopic (exact) mass is 602 g/mol. The third-order valence-corrected chi connectivity index (χ3v) is 9.31. The van der Waals surface area contributed by atoms with Gasteiger partial charge in [-0.1, -0.05) is 56.3 Å². The average Bonchev–Trinajstić information content (AvgIpc) is 3.09. The lowest BCUT2D eigenvalue weighted by molar-refractivity contribution is 0.00578. The summed E-state index contributed by atoms with van der Waals surface area (Å²) in [5, 5.41) is 14.2. The fourth-order valence-electron chi connectivity index (χ4n) is 4.55. The summed E-state index contributed by atoms with van der Waals surface area (Å²) >= 11 is 0. The zero-order valence-corrected chi connectivity index (χ0v) is 27.2. The molecule has 42 heavy (non-hydrogen) atoms. The number of ether oxygens (including phenoxy) is 1. The molecular formula is C31H47BN2O7S. The van der Waals surface area contributed by atoms with Gasteiger partial charge in [-0.25, -0.2) is 13.2 Å². The predicted octanol–water partition coefficient (Wildman–Crippen LogP) is 4.13. The number of hydrogen-bond donors (Lipinski definition) is 2. The van der Waals surface area contributed by atoms with Crippen molar-refractivity contribution in [3.63, 3.8) is 0 Å². The first-order valence-corrected chi connectivity index (χ1v) is 15.9. The number of sulfonamides is 1. The molecule has 11 heteroatoms. The summed E-state index contributed by atoms with van der Waals surface area (Å²) < 4.78 is 46.7. The van der Waals surface area contributed by atoms with Crippen LogP contribution < -0.4 is 10.8 Å². The molecule has 1 aliphatic heterocycles. The molecule has 2 aromatic rings. The molecule has 1 fully saturated rings. The van der Waals surface area contributed by atoms with Crippen molar-refractivity contribution >= 4 is 28.7 Å². The van der Waals surface area contributed by atoms with Crippen LogP contribution in [0.5, 0.6) is 0 Å². The Bertz CT molecular complexity index is 1280. The lowest BCUT2D eigenvalue weighted by Gasteiger charge is -2.32. The minimum Gasteiger partial charge on any atom is -0.444 e. The van der Waals surface area contributed by atoms with Gasteiger partial charge in [0.2, 0.25) is 10.0 Å². The van der Waals surface area contributed by atoms with Crippen LogP contribution in [-0.2, 0) is 30.5 Å². The number of hydrogen-bond acceptors (Lipinski definition) is 7. The zero-order valence-electron chi connectivity index (χ0n) is 26.4. The van der Waals surface area contributed by atoms with E-state index in [2.05, 4.69) is 5.32 Å². The average molecular weight is 603 g/mol. The molecule has 0 saturated carbocycles. The topological polar surface area (TPSA) is 114 Å². The maximum atomic E-state index is 13.9. The number of alkyl carbamates (subject to hydrolysis) is 1. The van der Waals surface area contributed by atoms with Gasteiger partial charge in [-0.3, -0.25) is 0 Å².